The van der Waals surface area contributed by atoms with Gasteiger partial charge in [-0.25, -0.2) is 8.78 Å². The Hall–Kier alpha value is -1.30. The number of Topliss-reactive ketones (excluding diaryl/α,β-unsaturated/α-hetero) is 1. The molecule has 0 spiro atoms. The fraction of sp³-hybridized carbons (Fsp3) is 0.333. The largest absolute Gasteiger partial charge is 0.465 e. The molecule has 0 fully saturated rings. The van der Waals surface area contributed by atoms with Crippen LogP contribution in [0.1, 0.15) is 22.8 Å². The van der Waals surface area contributed by atoms with Crippen LogP contribution < -0.4 is 0 Å². The zero-order valence-electron chi connectivity index (χ0n) is 9.80. The van der Waals surface area contributed by atoms with Crippen LogP contribution in [0.15, 0.2) is 12.1 Å². The lowest BCUT2D eigenvalue weighted by atomic mass is 10.0. The van der Waals surface area contributed by atoms with E-state index < -0.39 is 33.8 Å². The molecule has 18 heavy (non-hydrogen) atoms. The summed E-state index contributed by atoms with van der Waals surface area (Å²) in [5, 5.41) is 0. The van der Waals surface area contributed by atoms with Gasteiger partial charge in [0.15, 0.2) is 10.6 Å². The molecule has 0 amide bonds. The third-order valence-corrected chi connectivity index (χ3v) is 3.00. The topological polar surface area (TPSA) is 43.4 Å². The Balaban J connectivity index is 3.07. The first-order valence-electron chi connectivity index (χ1n) is 5.19. The maximum atomic E-state index is 13.7. The zero-order valence-corrected chi connectivity index (χ0v) is 11.4. The lowest BCUT2D eigenvalue weighted by Gasteiger charge is -2.10. The summed E-state index contributed by atoms with van der Waals surface area (Å²) in [7, 11) is 0. The molecule has 0 aliphatic carbocycles. The molecule has 0 aliphatic heterocycles. The summed E-state index contributed by atoms with van der Waals surface area (Å²) in [4.78, 5) is 21.8. The molecule has 0 bridgehead atoms. The van der Waals surface area contributed by atoms with Crippen molar-refractivity contribution < 1.29 is 23.1 Å². The number of alkyl halides is 1. The van der Waals surface area contributed by atoms with Crippen molar-refractivity contribution >= 4 is 27.7 Å². The molecule has 0 saturated heterocycles. The number of hydrogen-bond acceptors (Lipinski definition) is 3. The van der Waals surface area contributed by atoms with E-state index in [2.05, 4.69) is 20.7 Å². The number of aryl methyl sites for hydroxylation is 1. The van der Waals surface area contributed by atoms with E-state index in [1.807, 2.05) is 0 Å². The summed E-state index contributed by atoms with van der Waals surface area (Å²) >= 11 is 2.82. The van der Waals surface area contributed by atoms with E-state index in [-0.39, 0.29) is 12.2 Å². The van der Waals surface area contributed by atoms with Crippen molar-refractivity contribution in [3.63, 3.8) is 0 Å². The van der Waals surface area contributed by atoms with Gasteiger partial charge in [0.25, 0.3) is 0 Å². The van der Waals surface area contributed by atoms with Crippen LogP contribution in [0, 0.1) is 18.6 Å². The lowest BCUT2D eigenvalue weighted by Crippen LogP contribution is -2.27. The quantitative estimate of drug-likeness (QED) is 0.371. The highest BCUT2D eigenvalue weighted by Crippen LogP contribution is 2.19. The normalized spacial score (nSPS) is 12.1. The van der Waals surface area contributed by atoms with Gasteiger partial charge in [-0.15, -0.1) is 0 Å². The first-order valence-corrected chi connectivity index (χ1v) is 6.10. The van der Waals surface area contributed by atoms with Gasteiger partial charge < -0.3 is 4.74 Å². The standard InChI is InChI=1S/C12H11BrF2O3/c1-3-18-12(17)9(13)11(16)8-5-7(14)4-6(2)10(8)15/h4-5,9H,3H2,1-2H3. The summed E-state index contributed by atoms with van der Waals surface area (Å²) in [5.41, 5.74) is -0.468. The summed E-state index contributed by atoms with van der Waals surface area (Å²) in [5.74, 6) is -3.27. The van der Waals surface area contributed by atoms with Gasteiger partial charge in [0, 0.05) is 0 Å². The highest BCUT2D eigenvalue weighted by molar-refractivity contribution is 9.10. The summed E-state index contributed by atoms with van der Waals surface area (Å²) < 4.78 is 31.4. The molecule has 6 heteroatoms. The van der Waals surface area contributed by atoms with E-state index in [1.54, 1.807) is 6.92 Å². The maximum Gasteiger partial charge on any atom is 0.327 e. The average Bonchev–Trinajstić information content (AvgIpc) is 2.32. The maximum absolute atomic E-state index is 13.7. The minimum absolute atomic E-state index is 0.00177. The fourth-order valence-electron chi connectivity index (χ4n) is 1.36. The third-order valence-electron chi connectivity index (χ3n) is 2.21. The number of rotatable bonds is 4. The van der Waals surface area contributed by atoms with Gasteiger partial charge in [-0.3, -0.25) is 9.59 Å². The molecule has 0 saturated carbocycles. The third kappa shape index (κ3) is 3.13. The highest BCUT2D eigenvalue weighted by atomic mass is 79.9. The number of ketones is 1. The van der Waals surface area contributed by atoms with Crippen molar-refractivity contribution in [2.75, 3.05) is 6.61 Å². The SMILES string of the molecule is CCOC(=O)C(Br)C(=O)c1cc(F)cc(C)c1F. The van der Waals surface area contributed by atoms with Gasteiger partial charge in [-0.05, 0) is 31.5 Å². The number of carbonyl (C=O) groups excluding carboxylic acids is 2. The van der Waals surface area contributed by atoms with Crippen LogP contribution in [0.4, 0.5) is 8.78 Å². The van der Waals surface area contributed by atoms with Crippen molar-refractivity contribution in [1.82, 2.24) is 0 Å². The van der Waals surface area contributed by atoms with Gasteiger partial charge in [-0.2, -0.15) is 0 Å². The predicted octanol–water partition coefficient (Wildman–Crippen LogP) is 2.78. The number of carbonyl (C=O) groups is 2. The van der Waals surface area contributed by atoms with Crippen LogP contribution in [-0.2, 0) is 9.53 Å². The van der Waals surface area contributed by atoms with Crippen molar-refractivity contribution in [2.45, 2.75) is 18.7 Å². The van der Waals surface area contributed by atoms with Gasteiger partial charge in [0.05, 0.1) is 12.2 Å². The molecule has 1 atom stereocenters. The zero-order chi connectivity index (χ0) is 13.9. The fourth-order valence-corrected chi connectivity index (χ4v) is 1.74. The van der Waals surface area contributed by atoms with Gasteiger partial charge in [0.1, 0.15) is 11.6 Å². The summed E-state index contributed by atoms with van der Waals surface area (Å²) in [6.45, 7) is 3.01. The van der Waals surface area contributed by atoms with E-state index in [0.717, 1.165) is 12.1 Å². The Morgan fingerprint density at radius 1 is 1.39 bits per heavy atom. The molecule has 1 rings (SSSR count). The second kappa shape index (κ2) is 6.04. The van der Waals surface area contributed by atoms with E-state index in [1.165, 1.54) is 6.92 Å². The molecule has 1 unspecified atom stereocenters. The van der Waals surface area contributed by atoms with Crippen molar-refractivity contribution in [2.24, 2.45) is 0 Å². The van der Waals surface area contributed by atoms with Crippen molar-refractivity contribution in [1.29, 1.82) is 0 Å². The summed E-state index contributed by atoms with van der Waals surface area (Å²) in [6, 6.07) is 1.73. The van der Waals surface area contributed by atoms with Crippen LogP contribution >= 0.6 is 15.9 Å². The molecule has 0 radical (unpaired) electrons. The van der Waals surface area contributed by atoms with Crippen LogP contribution in [0.25, 0.3) is 0 Å². The molecule has 1 aromatic rings. The Bertz CT molecular complexity index is 488. The number of hydrogen-bond donors (Lipinski definition) is 0. The molecular formula is C12H11BrF2O3. The van der Waals surface area contributed by atoms with E-state index in [9.17, 15) is 18.4 Å². The Morgan fingerprint density at radius 2 is 2.00 bits per heavy atom. The second-order valence-corrected chi connectivity index (χ2v) is 4.48. The average molecular weight is 321 g/mol. The molecule has 0 N–H and O–H groups in total. The van der Waals surface area contributed by atoms with Gasteiger partial charge in [0.2, 0.25) is 0 Å². The molecule has 1 aromatic carbocycles. The van der Waals surface area contributed by atoms with Crippen LogP contribution in [0.5, 0.6) is 0 Å². The van der Waals surface area contributed by atoms with Crippen LogP contribution in [-0.4, -0.2) is 23.2 Å². The van der Waals surface area contributed by atoms with E-state index >= 15 is 0 Å². The van der Waals surface area contributed by atoms with Crippen LogP contribution in [0.2, 0.25) is 0 Å². The highest BCUT2D eigenvalue weighted by Gasteiger charge is 2.28. The Morgan fingerprint density at radius 3 is 2.56 bits per heavy atom. The van der Waals surface area contributed by atoms with Crippen molar-refractivity contribution in [3.05, 3.63) is 34.9 Å². The van der Waals surface area contributed by atoms with Gasteiger partial charge >= 0.3 is 5.97 Å². The van der Waals surface area contributed by atoms with Crippen molar-refractivity contribution in [3.8, 4) is 0 Å². The number of benzene rings is 1. The minimum Gasteiger partial charge on any atom is -0.465 e. The first kappa shape index (κ1) is 14.8. The molecule has 98 valence electrons. The minimum atomic E-state index is -1.34. The monoisotopic (exact) mass is 320 g/mol. The second-order valence-electron chi connectivity index (χ2n) is 3.56. The van der Waals surface area contributed by atoms with E-state index in [0.29, 0.717) is 0 Å². The number of esters is 1. The number of ether oxygens (including phenoxy) is 1. The first-order chi connectivity index (χ1) is 8.38. The predicted molar refractivity (Wildman–Crippen MR) is 64.8 cm³/mol. The summed E-state index contributed by atoms with van der Waals surface area (Å²) in [6.07, 6.45) is 0. The Kier molecular flexibility index (Phi) is 4.95. The Labute approximate surface area is 111 Å². The van der Waals surface area contributed by atoms with Gasteiger partial charge in [-0.1, -0.05) is 15.9 Å². The van der Waals surface area contributed by atoms with Crippen LogP contribution in [0.3, 0.4) is 0 Å². The molecule has 3 nitrogen and oxygen atoms in total. The molecule has 0 aromatic heterocycles. The number of halogens is 3. The molecular weight excluding hydrogens is 310 g/mol. The molecule has 0 heterocycles. The molecule has 0 aliphatic rings. The van der Waals surface area contributed by atoms with E-state index in [4.69, 9.17) is 0 Å². The lowest BCUT2D eigenvalue weighted by molar-refractivity contribution is -0.141. The smallest absolute Gasteiger partial charge is 0.327 e.